The summed E-state index contributed by atoms with van der Waals surface area (Å²) in [6.07, 6.45) is 1.89. The quantitative estimate of drug-likeness (QED) is 0.807. The van der Waals surface area contributed by atoms with E-state index in [2.05, 4.69) is 4.90 Å². The van der Waals surface area contributed by atoms with Crippen LogP contribution in [-0.4, -0.2) is 36.8 Å². The van der Waals surface area contributed by atoms with Gasteiger partial charge in [-0.25, -0.2) is 0 Å². The third-order valence-electron chi connectivity index (χ3n) is 4.52. The average Bonchev–Trinajstić information content (AvgIpc) is 3.46. The van der Waals surface area contributed by atoms with Crippen LogP contribution in [0.5, 0.6) is 11.5 Å². The van der Waals surface area contributed by atoms with Crippen molar-refractivity contribution in [1.29, 1.82) is 0 Å². The van der Waals surface area contributed by atoms with Gasteiger partial charge in [0.05, 0.1) is 20.3 Å². The van der Waals surface area contributed by atoms with Gasteiger partial charge in [-0.3, -0.25) is 4.90 Å². The number of methoxy groups -OCH3 is 2. The number of hydrogen-bond acceptors (Lipinski definition) is 4. The zero-order valence-electron chi connectivity index (χ0n) is 14.3. The maximum atomic E-state index is 10.6. The first kappa shape index (κ1) is 16.8. The Morgan fingerprint density at radius 3 is 2.46 bits per heavy atom. The average molecular weight is 327 g/mol. The van der Waals surface area contributed by atoms with Crippen molar-refractivity contribution in [3.63, 3.8) is 0 Å². The molecule has 0 aliphatic heterocycles. The van der Waals surface area contributed by atoms with Gasteiger partial charge < -0.3 is 14.6 Å². The lowest BCUT2D eigenvalue weighted by atomic mass is 10.1. The van der Waals surface area contributed by atoms with Crippen molar-refractivity contribution in [3.8, 4) is 11.5 Å². The standard InChI is InChI=1S/C20H25NO3/c1-23-18-10-11-20(24-2)16(12-18)13-21(17-8-9-17)14-19(22)15-6-4-3-5-7-15/h3-7,10-12,17,19,22H,8-9,13-14H2,1-2H3/t19-/m0/s1. The molecule has 1 fully saturated rings. The fraction of sp³-hybridized carbons (Fsp3) is 0.400. The molecule has 3 rings (SSSR count). The van der Waals surface area contributed by atoms with E-state index in [9.17, 15) is 5.11 Å². The molecule has 0 amide bonds. The third-order valence-corrected chi connectivity index (χ3v) is 4.52. The Hall–Kier alpha value is -2.04. The van der Waals surface area contributed by atoms with E-state index in [-0.39, 0.29) is 0 Å². The number of aliphatic hydroxyl groups is 1. The van der Waals surface area contributed by atoms with Crippen molar-refractivity contribution in [3.05, 3.63) is 59.7 Å². The molecule has 1 aliphatic carbocycles. The molecule has 0 unspecified atom stereocenters. The van der Waals surface area contributed by atoms with Crippen molar-refractivity contribution in [2.75, 3.05) is 20.8 Å². The van der Waals surface area contributed by atoms with Crippen LogP contribution in [0.1, 0.15) is 30.1 Å². The predicted octanol–water partition coefficient (Wildman–Crippen LogP) is 3.40. The van der Waals surface area contributed by atoms with Gasteiger partial charge in [0.2, 0.25) is 0 Å². The molecule has 0 spiro atoms. The summed E-state index contributed by atoms with van der Waals surface area (Å²) in [6.45, 7) is 1.37. The molecule has 4 heteroatoms. The maximum absolute atomic E-state index is 10.6. The SMILES string of the molecule is COc1ccc(OC)c(CN(C[C@H](O)c2ccccc2)C2CC2)c1. The molecular formula is C20H25NO3. The Labute approximate surface area is 143 Å². The molecule has 4 nitrogen and oxygen atoms in total. The van der Waals surface area contributed by atoms with Crippen molar-refractivity contribution in [2.24, 2.45) is 0 Å². The van der Waals surface area contributed by atoms with Crippen LogP contribution in [0.15, 0.2) is 48.5 Å². The molecule has 128 valence electrons. The summed E-state index contributed by atoms with van der Waals surface area (Å²) in [7, 11) is 3.36. The van der Waals surface area contributed by atoms with E-state index in [0.29, 0.717) is 12.6 Å². The second-order valence-corrected chi connectivity index (χ2v) is 6.26. The number of aliphatic hydroxyl groups excluding tert-OH is 1. The molecular weight excluding hydrogens is 302 g/mol. The number of ether oxygens (including phenoxy) is 2. The van der Waals surface area contributed by atoms with Crippen LogP contribution in [-0.2, 0) is 6.54 Å². The van der Waals surface area contributed by atoms with Crippen LogP contribution in [0.25, 0.3) is 0 Å². The summed E-state index contributed by atoms with van der Waals surface area (Å²) in [5.74, 6) is 1.68. The number of hydrogen-bond donors (Lipinski definition) is 1. The largest absolute Gasteiger partial charge is 0.497 e. The third kappa shape index (κ3) is 4.08. The van der Waals surface area contributed by atoms with Gasteiger partial charge in [0.1, 0.15) is 11.5 Å². The summed E-state index contributed by atoms with van der Waals surface area (Å²) < 4.78 is 10.8. The molecule has 1 N–H and O–H groups in total. The summed E-state index contributed by atoms with van der Waals surface area (Å²) in [5.41, 5.74) is 2.05. The second-order valence-electron chi connectivity index (χ2n) is 6.26. The molecule has 2 aromatic carbocycles. The van der Waals surface area contributed by atoms with E-state index >= 15 is 0 Å². The lowest BCUT2D eigenvalue weighted by Crippen LogP contribution is -2.30. The molecule has 24 heavy (non-hydrogen) atoms. The van der Waals surface area contributed by atoms with Gasteiger partial charge in [0.25, 0.3) is 0 Å². The highest BCUT2D eigenvalue weighted by Crippen LogP contribution is 2.33. The molecule has 0 heterocycles. The molecule has 0 saturated heterocycles. The van der Waals surface area contributed by atoms with E-state index in [4.69, 9.17) is 9.47 Å². The number of benzene rings is 2. The molecule has 0 radical (unpaired) electrons. The van der Waals surface area contributed by atoms with Crippen molar-refractivity contribution < 1.29 is 14.6 Å². The summed E-state index contributed by atoms with van der Waals surface area (Å²) >= 11 is 0. The first-order valence-electron chi connectivity index (χ1n) is 8.39. The predicted molar refractivity (Wildman–Crippen MR) is 94.4 cm³/mol. The fourth-order valence-electron chi connectivity index (χ4n) is 3.01. The van der Waals surface area contributed by atoms with Gasteiger partial charge in [-0.2, -0.15) is 0 Å². The molecule has 2 aromatic rings. The van der Waals surface area contributed by atoms with Crippen LogP contribution >= 0.6 is 0 Å². The van der Waals surface area contributed by atoms with E-state index in [0.717, 1.165) is 29.2 Å². The Bertz CT molecular complexity index is 655. The zero-order chi connectivity index (χ0) is 16.9. The lowest BCUT2D eigenvalue weighted by molar-refractivity contribution is 0.104. The number of rotatable bonds is 8. The Balaban J connectivity index is 1.75. The van der Waals surface area contributed by atoms with Gasteiger partial charge >= 0.3 is 0 Å². The normalized spacial score (nSPS) is 15.3. The number of nitrogens with zero attached hydrogens (tertiary/aromatic N) is 1. The summed E-state index contributed by atoms with van der Waals surface area (Å²) in [5, 5.41) is 10.6. The van der Waals surface area contributed by atoms with E-state index < -0.39 is 6.10 Å². The molecule has 1 aliphatic rings. The van der Waals surface area contributed by atoms with E-state index in [1.165, 1.54) is 12.8 Å². The van der Waals surface area contributed by atoms with Crippen LogP contribution in [0, 0.1) is 0 Å². The first-order chi connectivity index (χ1) is 11.7. The monoisotopic (exact) mass is 327 g/mol. The maximum Gasteiger partial charge on any atom is 0.123 e. The minimum atomic E-state index is -0.483. The van der Waals surface area contributed by atoms with Gasteiger partial charge in [-0.1, -0.05) is 30.3 Å². The fourth-order valence-corrected chi connectivity index (χ4v) is 3.01. The minimum Gasteiger partial charge on any atom is -0.497 e. The lowest BCUT2D eigenvalue weighted by Gasteiger charge is -2.26. The Morgan fingerprint density at radius 1 is 1.08 bits per heavy atom. The van der Waals surface area contributed by atoms with Gasteiger partial charge in [-0.15, -0.1) is 0 Å². The van der Waals surface area contributed by atoms with Crippen LogP contribution in [0.4, 0.5) is 0 Å². The van der Waals surface area contributed by atoms with Gasteiger partial charge in [0.15, 0.2) is 0 Å². The van der Waals surface area contributed by atoms with Gasteiger partial charge in [-0.05, 0) is 36.6 Å². The highest BCUT2D eigenvalue weighted by molar-refractivity contribution is 5.40. The molecule has 0 bridgehead atoms. The van der Waals surface area contributed by atoms with Crippen molar-refractivity contribution >= 4 is 0 Å². The van der Waals surface area contributed by atoms with Crippen LogP contribution in [0.3, 0.4) is 0 Å². The van der Waals surface area contributed by atoms with Crippen molar-refractivity contribution in [1.82, 2.24) is 4.90 Å². The highest BCUT2D eigenvalue weighted by atomic mass is 16.5. The minimum absolute atomic E-state index is 0.483. The molecule has 0 aromatic heterocycles. The second kappa shape index (κ2) is 7.69. The Morgan fingerprint density at radius 2 is 1.83 bits per heavy atom. The zero-order valence-corrected chi connectivity index (χ0v) is 14.3. The van der Waals surface area contributed by atoms with Gasteiger partial charge in [0, 0.05) is 24.7 Å². The van der Waals surface area contributed by atoms with E-state index in [1.54, 1.807) is 14.2 Å². The molecule has 1 saturated carbocycles. The van der Waals surface area contributed by atoms with Crippen LogP contribution in [0.2, 0.25) is 0 Å². The summed E-state index contributed by atoms with van der Waals surface area (Å²) in [4.78, 5) is 2.34. The first-order valence-corrected chi connectivity index (χ1v) is 8.39. The van der Waals surface area contributed by atoms with Crippen molar-refractivity contribution in [2.45, 2.75) is 31.5 Å². The Kier molecular flexibility index (Phi) is 5.38. The topological polar surface area (TPSA) is 41.9 Å². The molecule has 1 atom stereocenters. The smallest absolute Gasteiger partial charge is 0.123 e. The highest BCUT2D eigenvalue weighted by Gasteiger charge is 2.31. The summed E-state index contributed by atoms with van der Waals surface area (Å²) in [6, 6.07) is 16.2. The van der Waals surface area contributed by atoms with E-state index in [1.807, 2.05) is 48.5 Å². The van der Waals surface area contributed by atoms with Crippen LogP contribution < -0.4 is 9.47 Å².